The first kappa shape index (κ1) is 28.2. The Balaban J connectivity index is 1.83. The number of benzene rings is 2. The number of nitrogens with zero attached hydrogens (tertiary/aromatic N) is 1. The molecule has 5 rings (SSSR count). The summed E-state index contributed by atoms with van der Waals surface area (Å²) < 4.78 is 40.6. The Morgan fingerprint density at radius 3 is 2.44 bits per heavy atom. The lowest BCUT2D eigenvalue weighted by Crippen LogP contribution is -2.46. The molecule has 3 atom stereocenters. The number of allylic oxidation sites excluding steroid dienone is 2. The Labute approximate surface area is 239 Å². The zero-order chi connectivity index (χ0) is 29.3. The van der Waals surface area contributed by atoms with E-state index in [-0.39, 0.29) is 47.9 Å². The molecule has 1 aliphatic carbocycles. The SMILES string of the molecule is CCOC(=O)C1=C(N)N(c2cccc(F)c2)C2=C(C(=O)[C@H](C(=O)OCC)[C@H](c3cccs3)C2)[C@H]1c1ccccc1F. The predicted octanol–water partition coefficient (Wildman–Crippen LogP) is 5.55. The maximum atomic E-state index is 15.5. The summed E-state index contributed by atoms with van der Waals surface area (Å²) in [5.41, 5.74) is 7.17. The molecule has 7 nitrogen and oxygen atoms in total. The third-order valence-electron chi connectivity index (χ3n) is 7.27. The molecule has 2 aromatic carbocycles. The van der Waals surface area contributed by atoms with E-state index in [0.29, 0.717) is 5.70 Å². The molecule has 2 N–H and O–H groups in total. The highest BCUT2D eigenvalue weighted by molar-refractivity contribution is 7.10. The first-order valence-electron chi connectivity index (χ1n) is 13.2. The van der Waals surface area contributed by atoms with Gasteiger partial charge in [0.15, 0.2) is 5.78 Å². The predicted molar refractivity (Wildman–Crippen MR) is 150 cm³/mol. The zero-order valence-corrected chi connectivity index (χ0v) is 23.3. The minimum atomic E-state index is -1.27. The lowest BCUT2D eigenvalue weighted by Gasteiger charge is -2.43. The van der Waals surface area contributed by atoms with E-state index in [1.807, 2.05) is 17.5 Å². The monoisotopic (exact) mass is 578 g/mol. The van der Waals surface area contributed by atoms with Crippen LogP contribution in [0.1, 0.15) is 42.5 Å². The van der Waals surface area contributed by atoms with E-state index >= 15 is 4.39 Å². The molecule has 0 saturated heterocycles. The molecule has 10 heteroatoms. The van der Waals surface area contributed by atoms with Crippen LogP contribution in [-0.4, -0.2) is 30.9 Å². The van der Waals surface area contributed by atoms with E-state index in [2.05, 4.69) is 0 Å². The van der Waals surface area contributed by atoms with E-state index in [4.69, 9.17) is 15.2 Å². The quantitative estimate of drug-likeness (QED) is 0.290. The number of carbonyl (C=O) groups excluding carboxylic acids is 3. The van der Waals surface area contributed by atoms with Crippen molar-refractivity contribution in [3.63, 3.8) is 0 Å². The third-order valence-corrected chi connectivity index (χ3v) is 8.27. The van der Waals surface area contributed by atoms with Gasteiger partial charge in [0.25, 0.3) is 0 Å². The van der Waals surface area contributed by atoms with Crippen LogP contribution < -0.4 is 10.6 Å². The van der Waals surface area contributed by atoms with E-state index in [9.17, 15) is 18.8 Å². The van der Waals surface area contributed by atoms with Gasteiger partial charge in [-0.25, -0.2) is 13.6 Å². The molecule has 1 aliphatic heterocycles. The molecular weight excluding hydrogens is 550 g/mol. The molecule has 0 bridgehead atoms. The normalized spacial score (nSPS) is 20.6. The van der Waals surface area contributed by atoms with Crippen molar-refractivity contribution in [1.29, 1.82) is 0 Å². The van der Waals surface area contributed by atoms with E-state index < -0.39 is 47.1 Å². The summed E-state index contributed by atoms with van der Waals surface area (Å²) in [6.45, 7) is 3.30. The van der Waals surface area contributed by atoms with Crippen LogP contribution in [0.25, 0.3) is 0 Å². The second-order valence-electron chi connectivity index (χ2n) is 9.57. The largest absolute Gasteiger partial charge is 0.465 e. The van der Waals surface area contributed by atoms with Gasteiger partial charge < -0.3 is 15.2 Å². The van der Waals surface area contributed by atoms with Crippen LogP contribution >= 0.6 is 11.3 Å². The van der Waals surface area contributed by atoms with Crippen molar-refractivity contribution in [2.45, 2.75) is 32.1 Å². The first-order chi connectivity index (χ1) is 19.8. The van der Waals surface area contributed by atoms with Gasteiger partial charge in [0.05, 0.1) is 30.4 Å². The molecule has 2 heterocycles. The minimum Gasteiger partial charge on any atom is -0.465 e. The number of ether oxygens (including phenoxy) is 2. The zero-order valence-electron chi connectivity index (χ0n) is 22.4. The number of thiophene rings is 1. The van der Waals surface area contributed by atoms with Crippen molar-refractivity contribution < 1.29 is 32.6 Å². The Morgan fingerprint density at radius 2 is 1.78 bits per heavy atom. The van der Waals surface area contributed by atoms with Crippen LogP contribution in [0.5, 0.6) is 0 Å². The van der Waals surface area contributed by atoms with Gasteiger partial charge in [-0.1, -0.05) is 30.3 Å². The van der Waals surface area contributed by atoms with E-state index in [1.54, 1.807) is 26.0 Å². The van der Waals surface area contributed by atoms with Gasteiger partial charge in [-0.3, -0.25) is 14.5 Å². The summed E-state index contributed by atoms with van der Waals surface area (Å²) in [7, 11) is 0. The maximum absolute atomic E-state index is 15.5. The Morgan fingerprint density at radius 1 is 1.02 bits per heavy atom. The molecule has 0 fully saturated rings. The number of nitrogens with two attached hydrogens (primary N) is 1. The van der Waals surface area contributed by atoms with Crippen molar-refractivity contribution in [3.8, 4) is 0 Å². The second-order valence-corrected chi connectivity index (χ2v) is 10.5. The summed E-state index contributed by atoms with van der Waals surface area (Å²) in [5, 5.41) is 1.84. The number of hydrogen-bond donors (Lipinski definition) is 1. The topological polar surface area (TPSA) is 98.9 Å². The van der Waals surface area contributed by atoms with Crippen molar-refractivity contribution in [2.75, 3.05) is 18.1 Å². The van der Waals surface area contributed by atoms with Crippen molar-refractivity contribution >= 4 is 34.7 Å². The number of ketones is 1. The van der Waals surface area contributed by atoms with E-state index in [1.165, 1.54) is 52.6 Å². The number of hydrogen-bond acceptors (Lipinski definition) is 8. The van der Waals surface area contributed by atoms with Gasteiger partial charge in [-0.05, 0) is 56.0 Å². The van der Waals surface area contributed by atoms with Gasteiger partial charge in [0.1, 0.15) is 23.4 Å². The number of esters is 2. The van der Waals surface area contributed by atoms with Crippen molar-refractivity contribution in [3.05, 3.63) is 111 Å². The molecule has 212 valence electrons. The smallest absolute Gasteiger partial charge is 0.338 e. The standard InChI is InChI=1S/C31H28F2N2O5S/c1-3-39-30(37)25-20(23-13-8-14-41-23)16-22-26(28(25)36)24(19-11-5-6-12-21(19)33)27(31(38)40-4-2)29(34)35(22)18-10-7-9-17(32)15-18/h5-15,20,24-25H,3-4,16,34H2,1-2H3/t20-,24+,25+/m0/s1. The molecular formula is C31H28F2N2O5S. The van der Waals surface area contributed by atoms with Gasteiger partial charge in [-0.2, -0.15) is 0 Å². The van der Waals surface area contributed by atoms with Gasteiger partial charge in [-0.15, -0.1) is 11.3 Å². The molecule has 2 aliphatic rings. The molecule has 0 radical (unpaired) electrons. The second kappa shape index (κ2) is 11.7. The number of rotatable bonds is 7. The Hall–Kier alpha value is -4.31. The highest BCUT2D eigenvalue weighted by atomic mass is 32.1. The minimum absolute atomic E-state index is 0.00861. The fourth-order valence-corrected chi connectivity index (χ4v) is 6.50. The van der Waals surface area contributed by atoms with Gasteiger partial charge in [0.2, 0.25) is 0 Å². The lowest BCUT2D eigenvalue weighted by atomic mass is 9.68. The highest BCUT2D eigenvalue weighted by Gasteiger charge is 2.52. The summed E-state index contributed by atoms with van der Waals surface area (Å²) in [6.07, 6.45) is 0.114. The average Bonchev–Trinajstić information content (AvgIpc) is 3.48. The van der Waals surface area contributed by atoms with Crippen molar-refractivity contribution in [1.82, 2.24) is 0 Å². The van der Waals surface area contributed by atoms with E-state index in [0.717, 1.165) is 4.88 Å². The van der Waals surface area contributed by atoms with Gasteiger partial charge in [0, 0.05) is 27.6 Å². The summed E-state index contributed by atoms with van der Waals surface area (Å²) >= 11 is 1.38. The molecule has 0 unspecified atom stereocenters. The van der Waals surface area contributed by atoms with Crippen LogP contribution in [0.15, 0.2) is 88.7 Å². The fraction of sp³-hybridized carbons (Fsp3) is 0.258. The fourth-order valence-electron chi connectivity index (χ4n) is 5.64. The Kier molecular flexibility index (Phi) is 8.03. The molecule has 0 saturated carbocycles. The van der Waals surface area contributed by atoms with Crippen LogP contribution in [0.2, 0.25) is 0 Å². The lowest BCUT2D eigenvalue weighted by molar-refractivity contribution is -0.152. The highest BCUT2D eigenvalue weighted by Crippen LogP contribution is 2.52. The molecule has 1 aromatic heterocycles. The van der Waals surface area contributed by atoms with Crippen molar-refractivity contribution in [2.24, 2.45) is 11.7 Å². The number of halogens is 2. The first-order valence-corrected chi connectivity index (χ1v) is 14.1. The van der Waals surface area contributed by atoms with Crippen LogP contribution in [-0.2, 0) is 23.9 Å². The molecule has 41 heavy (non-hydrogen) atoms. The molecule has 0 amide bonds. The number of Topliss-reactive ketones (excluding diaryl/α,β-unsaturated/α-hetero) is 1. The average molecular weight is 579 g/mol. The van der Waals surface area contributed by atoms with Crippen LogP contribution in [0.4, 0.5) is 14.5 Å². The summed E-state index contributed by atoms with van der Waals surface area (Å²) in [5.74, 6) is -6.69. The molecule has 3 aromatic rings. The third kappa shape index (κ3) is 5.04. The Bertz CT molecular complexity index is 1570. The number of carbonyl (C=O) groups is 3. The summed E-state index contributed by atoms with van der Waals surface area (Å²) in [4.78, 5) is 43.6. The summed E-state index contributed by atoms with van der Waals surface area (Å²) in [6, 6.07) is 15.0. The van der Waals surface area contributed by atoms with Crippen LogP contribution in [0, 0.1) is 17.6 Å². The van der Waals surface area contributed by atoms with Crippen LogP contribution in [0.3, 0.4) is 0 Å². The molecule has 0 spiro atoms. The maximum Gasteiger partial charge on any atom is 0.338 e. The van der Waals surface area contributed by atoms with Gasteiger partial charge >= 0.3 is 11.9 Å². The number of anilines is 1.